The minimum Gasteiger partial charge on any atom is -0.478 e. The Labute approximate surface area is 118 Å². The Morgan fingerprint density at radius 1 is 1.30 bits per heavy atom. The van der Waals surface area contributed by atoms with E-state index >= 15 is 0 Å². The molecular weight excluding hydrogens is 276 g/mol. The Morgan fingerprint density at radius 2 is 2.15 bits per heavy atom. The third-order valence-electron chi connectivity index (χ3n) is 2.88. The molecule has 20 heavy (non-hydrogen) atoms. The largest absolute Gasteiger partial charge is 0.478 e. The summed E-state index contributed by atoms with van der Waals surface area (Å²) < 4.78 is 1.47. The molecule has 7 heteroatoms. The van der Waals surface area contributed by atoms with Crippen molar-refractivity contribution < 1.29 is 9.90 Å². The number of thiophene rings is 1. The molecule has 3 heterocycles. The predicted octanol–water partition coefficient (Wildman–Crippen LogP) is 2.40. The van der Waals surface area contributed by atoms with Gasteiger partial charge in [0.2, 0.25) is 0 Å². The van der Waals surface area contributed by atoms with Crippen molar-refractivity contribution in [2.24, 2.45) is 0 Å². The monoisotopic (exact) mass is 286 g/mol. The van der Waals surface area contributed by atoms with Gasteiger partial charge in [0.05, 0.1) is 16.8 Å². The lowest BCUT2D eigenvalue weighted by Crippen LogP contribution is -2.05. The van der Waals surface area contributed by atoms with Crippen molar-refractivity contribution in [2.45, 2.75) is 6.92 Å². The van der Waals surface area contributed by atoms with Gasteiger partial charge in [-0.3, -0.25) is 0 Å². The van der Waals surface area contributed by atoms with E-state index in [2.05, 4.69) is 15.3 Å². The summed E-state index contributed by atoms with van der Waals surface area (Å²) in [5.41, 5.74) is 1.47. The standard InChI is InChI=1S/C13H10N4O2S/c1-8-9(13(18)19)7-14-17(8)12-5-4-10(15-16-12)11-3-2-6-20-11/h2-7H,1H3,(H,18,19). The Balaban J connectivity index is 1.98. The first-order valence-corrected chi connectivity index (χ1v) is 6.70. The number of aromatic nitrogens is 4. The van der Waals surface area contributed by atoms with Gasteiger partial charge in [-0.05, 0) is 30.5 Å². The van der Waals surface area contributed by atoms with Gasteiger partial charge in [-0.25, -0.2) is 9.48 Å². The van der Waals surface area contributed by atoms with Crippen molar-refractivity contribution >= 4 is 17.3 Å². The summed E-state index contributed by atoms with van der Waals surface area (Å²) in [5, 5.41) is 23.3. The van der Waals surface area contributed by atoms with Crippen LogP contribution >= 0.6 is 11.3 Å². The molecule has 0 spiro atoms. The Morgan fingerprint density at radius 3 is 2.70 bits per heavy atom. The van der Waals surface area contributed by atoms with Crippen molar-refractivity contribution in [1.82, 2.24) is 20.0 Å². The molecule has 0 saturated heterocycles. The van der Waals surface area contributed by atoms with E-state index in [9.17, 15) is 4.79 Å². The molecular formula is C13H10N4O2S. The van der Waals surface area contributed by atoms with E-state index in [4.69, 9.17) is 5.11 Å². The molecule has 0 aliphatic carbocycles. The third kappa shape index (κ3) is 2.08. The topological polar surface area (TPSA) is 80.9 Å². The first kappa shape index (κ1) is 12.5. The van der Waals surface area contributed by atoms with Crippen LogP contribution < -0.4 is 0 Å². The van der Waals surface area contributed by atoms with Crippen LogP contribution in [0, 0.1) is 6.92 Å². The second kappa shape index (κ2) is 4.86. The minimum absolute atomic E-state index is 0.161. The fraction of sp³-hybridized carbons (Fsp3) is 0.0769. The van der Waals surface area contributed by atoms with Gasteiger partial charge in [0.15, 0.2) is 5.82 Å². The van der Waals surface area contributed by atoms with Gasteiger partial charge in [0.25, 0.3) is 0 Å². The second-order valence-corrected chi connectivity index (χ2v) is 5.06. The maximum Gasteiger partial charge on any atom is 0.339 e. The van der Waals surface area contributed by atoms with Crippen molar-refractivity contribution in [3.8, 4) is 16.4 Å². The summed E-state index contributed by atoms with van der Waals surface area (Å²) >= 11 is 1.59. The van der Waals surface area contributed by atoms with Gasteiger partial charge in [-0.15, -0.1) is 21.5 Å². The number of carboxylic acid groups (broad SMARTS) is 1. The molecule has 0 bridgehead atoms. The lowest BCUT2D eigenvalue weighted by Gasteiger charge is -2.03. The molecule has 0 aliphatic heterocycles. The second-order valence-electron chi connectivity index (χ2n) is 4.11. The molecule has 3 rings (SSSR count). The number of carbonyl (C=O) groups is 1. The zero-order valence-corrected chi connectivity index (χ0v) is 11.3. The summed E-state index contributed by atoms with van der Waals surface area (Å²) in [7, 11) is 0. The quantitative estimate of drug-likeness (QED) is 0.799. The maximum absolute atomic E-state index is 11.0. The first-order chi connectivity index (χ1) is 9.66. The third-order valence-corrected chi connectivity index (χ3v) is 3.77. The smallest absolute Gasteiger partial charge is 0.339 e. The molecule has 0 saturated carbocycles. The fourth-order valence-electron chi connectivity index (χ4n) is 1.84. The van der Waals surface area contributed by atoms with Crippen LogP contribution in [-0.2, 0) is 0 Å². The summed E-state index contributed by atoms with van der Waals surface area (Å²) in [6.07, 6.45) is 1.31. The molecule has 3 aromatic heterocycles. The van der Waals surface area contributed by atoms with Crippen LogP contribution in [0.4, 0.5) is 0 Å². The average Bonchev–Trinajstić information content (AvgIpc) is 3.08. The van der Waals surface area contributed by atoms with Gasteiger partial charge < -0.3 is 5.11 Å². The molecule has 6 nitrogen and oxygen atoms in total. The van der Waals surface area contributed by atoms with E-state index < -0.39 is 5.97 Å². The van der Waals surface area contributed by atoms with Crippen molar-refractivity contribution in [3.63, 3.8) is 0 Å². The van der Waals surface area contributed by atoms with E-state index in [0.29, 0.717) is 11.5 Å². The number of hydrogen-bond acceptors (Lipinski definition) is 5. The zero-order chi connectivity index (χ0) is 14.1. The highest BCUT2D eigenvalue weighted by atomic mass is 32.1. The maximum atomic E-state index is 11.0. The number of carboxylic acids is 1. The zero-order valence-electron chi connectivity index (χ0n) is 10.5. The molecule has 0 unspecified atom stereocenters. The summed E-state index contributed by atoms with van der Waals surface area (Å²) in [4.78, 5) is 12.0. The molecule has 0 radical (unpaired) electrons. The highest BCUT2D eigenvalue weighted by molar-refractivity contribution is 7.13. The van der Waals surface area contributed by atoms with Crippen molar-refractivity contribution in [1.29, 1.82) is 0 Å². The number of aromatic carboxylic acids is 1. The van der Waals surface area contributed by atoms with E-state index in [1.165, 1.54) is 10.9 Å². The van der Waals surface area contributed by atoms with Crippen LogP contribution in [0.1, 0.15) is 16.1 Å². The van der Waals surface area contributed by atoms with E-state index in [0.717, 1.165) is 10.6 Å². The lowest BCUT2D eigenvalue weighted by molar-refractivity contribution is 0.0696. The number of nitrogens with zero attached hydrogens (tertiary/aromatic N) is 4. The van der Waals surface area contributed by atoms with Gasteiger partial charge >= 0.3 is 5.97 Å². The minimum atomic E-state index is -1.00. The van der Waals surface area contributed by atoms with Crippen LogP contribution in [0.2, 0.25) is 0 Å². The van der Waals surface area contributed by atoms with Crippen LogP contribution in [0.5, 0.6) is 0 Å². The van der Waals surface area contributed by atoms with Crippen molar-refractivity contribution in [3.05, 3.63) is 47.1 Å². The lowest BCUT2D eigenvalue weighted by atomic mass is 10.2. The SMILES string of the molecule is Cc1c(C(=O)O)cnn1-c1ccc(-c2cccs2)nn1. The van der Waals surface area contributed by atoms with Gasteiger partial charge in [0, 0.05) is 0 Å². The molecule has 0 atom stereocenters. The van der Waals surface area contributed by atoms with E-state index in [-0.39, 0.29) is 5.56 Å². The predicted molar refractivity (Wildman–Crippen MR) is 74.2 cm³/mol. The molecule has 1 N–H and O–H groups in total. The van der Waals surface area contributed by atoms with E-state index in [1.807, 2.05) is 23.6 Å². The first-order valence-electron chi connectivity index (χ1n) is 5.82. The van der Waals surface area contributed by atoms with Gasteiger partial charge in [-0.2, -0.15) is 5.10 Å². The summed E-state index contributed by atoms with van der Waals surface area (Å²) in [6.45, 7) is 1.69. The summed E-state index contributed by atoms with van der Waals surface area (Å²) in [5.74, 6) is -0.507. The fourth-order valence-corrected chi connectivity index (χ4v) is 2.53. The Kier molecular flexibility index (Phi) is 3.03. The van der Waals surface area contributed by atoms with E-state index in [1.54, 1.807) is 24.3 Å². The highest BCUT2D eigenvalue weighted by Gasteiger charge is 2.14. The van der Waals surface area contributed by atoms with Crippen LogP contribution in [0.15, 0.2) is 35.8 Å². The van der Waals surface area contributed by atoms with Gasteiger partial charge in [-0.1, -0.05) is 6.07 Å². The summed E-state index contributed by atoms with van der Waals surface area (Å²) in [6, 6.07) is 7.53. The van der Waals surface area contributed by atoms with Gasteiger partial charge in [0.1, 0.15) is 11.3 Å². The Hall–Kier alpha value is -2.54. The molecule has 0 aliphatic rings. The van der Waals surface area contributed by atoms with Crippen LogP contribution in [0.25, 0.3) is 16.4 Å². The number of rotatable bonds is 3. The molecule has 0 fully saturated rings. The number of hydrogen-bond donors (Lipinski definition) is 1. The highest BCUT2D eigenvalue weighted by Crippen LogP contribution is 2.22. The molecule has 0 aromatic carbocycles. The molecule has 3 aromatic rings. The average molecular weight is 286 g/mol. The Bertz CT molecular complexity index is 747. The molecule has 100 valence electrons. The molecule has 0 amide bonds. The van der Waals surface area contributed by atoms with Crippen LogP contribution in [-0.4, -0.2) is 31.1 Å². The van der Waals surface area contributed by atoms with Crippen LogP contribution in [0.3, 0.4) is 0 Å². The van der Waals surface area contributed by atoms with Crippen molar-refractivity contribution in [2.75, 3.05) is 0 Å². The normalized spacial score (nSPS) is 10.7.